The van der Waals surface area contributed by atoms with Gasteiger partial charge in [-0.3, -0.25) is 0 Å². The molecule has 3 aromatic carbocycles. The fraction of sp³-hybridized carbons (Fsp3) is 0.0741. The first kappa shape index (κ1) is 21.2. The number of nitrogens with zero attached hydrogens (tertiary/aromatic N) is 2. The Morgan fingerprint density at radius 2 is 1.76 bits per heavy atom. The van der Waals surface area contributed by atoms with E-state index in [2.05, 4.69) is 9.97 Å². The van der Waals surface area contributed by atoms with Crippen molar-refractivity contribution >= 4 is 17.1 Å². The molecule has 0 spiro atoms. The topological polar surface area (TPSA) is 83.7 Å². The lowest BCUT2D eigenvalue weighted by molar-refractivity contribution is 0.0600. The fourth-order valence-electron chi connectivity index (χ4n) is 3.35. The van der Waals surface area contributed by atoms with E-state index in [0.717, 1.165) is 5.56 Å². The molecule has 0 saturated carbocycles. The van der Waals surface area contributed by atoms with E-state index in [1.54, 1.807) is 30.5 Å². The van der Waals surface area contributed by atoms with Gasteiger partial charge in [-0.2, -0.15) is 0 Å². The van der Waals surface area contributed by atoms with E-state index < -0.39 is 5.97 Å². The van der Waals surface area contributed by atoms with Crippen LogP contribution < -0.4 is 9.47 Å². The van der Waals surface area contributed by atoms with Crippen LogP contribution in [0.2, 0.25) is 0 Å². The third-order valence-electron chi connectivity index (χ3n) is 5.07. The highest BCUT2D eigenvalue weighted by atomic mass is 16.5. The van der Waals surface area contributed by atoms with Crippen molar-refractivity contribution < 1.29 is 23.4 Å². The molecule has 34 heavy (non-hydrogen) atoms. The molecule has 5 aromatic rings. The molecule has 7 heteroatoms. The molecule has 0 aliphatic rings. The summed E-state index contributed by atoms with van der Waals surface area (Å²) >= 11 is 0. The van der Waals surface area contributed by atoms with Crippen LogP contribution in [0.25, 0.3) is 22.6 Å². The summed E-state index contributed by atoms with van der Waals surface area (Å²) in [4.78, 5) is 20.6. The first-order chi connectivity index (χ1) is 16.7. The molecule has 0 aliphatic carbocycles. The second-order valence-electron chi connectivity index (χ2n) is 7.43. The predicted molar refractivity (Wildman–Crippen MR) is 126 cm³/mol. The van der Waals surface area contributed by atoms with Crippen LogP contribution in [-0.2, 0) is 11.3 Å². The number of esters is 1. The molecule has 0 aliphatic heterocycles. The van der Waals surface area contributed by atoms with E-state index in [1.165, 1.54) is 7.11 Å². The van der Waals surface area contributed by atoms with Gasteiger partial charge in [0.1, 0.15) is 23.6 Å². The van der Waals surface area contributed by atoms with Gasteiger partial charge in [0, 0.05) is 18.3 Å². The van der Waals surface area contributed by atoms with Gasteiger partial charge in [-0.15, -0.1) is 0 Å². The Morgan fingerprint density at radius 1 is 0.912 bits per heavy atom. The van der Waals surface area contributed by atoms with E-state index in [9.17, 15) is 4.79 Å². The minimum atomic E-state index is -0.433. The maximum Gasteiger partial charge on any atom is 0.337 e. The third-order valence-corrected chi connectivity index (χ3v) is 5.07. The van der Waals surface area contributed by atoms with Gasteiger partial charge in [0.2, 0.25) is 11.8 Å². The molecule has 0 unspecified atom stereocenters. The Labute approximate surface area is 195 Å². The van der Waals surface area contributed by atoms with Gasteiger partial charge >= 0.3 is 5.97 Å². The van der Waals surface area contributed by atoms with Crippen LogP contribution in [0.15, 0.2) is 95.5 Å². The monoisotopic (exact) mass is 452 g/mol. The maximum absolute atomic E-state index is 11.7. The zero-order chi connectivity index (χ0) is 23.3. The summed E-state index contributed by atoms with van der Waals surface area (Å²) in [6, 6.07) is 25.9. The Kier molecular flexibility index (Phi) is 5.90. The highest BCUT2D eigenvalue weighted by Gasteiger charge is 2.13. The summed E-state index contributed by atoms with van der Waals surface area (Å²) in [7, 11) is 1.33. The Balaban J connectivity index is 1.28. The van der Waals surface area contributed by atoms with Crippen molar-refractivity contribution in [2.75, 3.05) is 7.11 Å². The molecule has 0 fully saturated rings. The number of benzene rings is 3. The summed E-state index contributed by atoms with van der Waals surface area (Å²) < 4.78 is 22.3. The average Bonchev–Trinajstić information content (AvgIpc) is 3.32. The van der Waals surface area contributed by atoms with Crippen molar-refractivity contribution in [1.29, 1.82) is 0 Å². The minimum absolute atomic E-state index is 0.396. The molecular formula is C27H20N2O5. The highest BCUT2D eigenvalue weighted by Crippen LogP contribution is 2.28. The molecule has 2 aromatic heterocycles. The lowest BCUT2D eigenvalue weighted by Gasteiger charge is -2.09. The number of ether oxygens (including phenoxy) is 3. The number of oxazole rings is 1. The van der Waals surface area contributed by atoms with Gasteiger partial charge in [-0.25, -0.2) is 14.8 Å². The van der Waals surface area contributed by atoms with Gasteiger partial charge in [-0.1, -0.05) is 36.4 Å². The minimum Gasteiger partial charge on any atom is -0.489 e. The van der Waals surface area contributed by atoms with E-state index in [1.807, 2.05) is 60.7 Å². The summed E-state index contributed by atoms with van der Waals surface area (Å²) in [6.07, 6.45) is 1.62. The highest BCUT2D eigenvalue weighted by molar-refractivity contribution is 5.93. The van der Waals surface area contributed by atoms with Gasteiger partial charge in [0.15, 0.2) is 5.58 Å². The zero-order valence-electron chi connectivity index (χ0n) is 18.3. The molecule has 168 valence electrons. The van der Waals surface area contributed by atoms with Crippen LogP contribution >= 0.6 is 0 Å². The fourth-order valence-corrected chi connectivity index (χ4v) is 3.35. The summed E-state index contributed by atoms with van der Waals surface area (Å²) in [5.41, 5.74) is 3.30. The lowest BCUT2D eigenvalue weighted by atomic mass is 10.2. The van der Waals surface area contributed by atoms with Crippen LogP contribution in [0, 0.1) is 0 Å². The van der Waals surface area contributed by atoms with Crippen molar-refractivity contribution in [3.05, 3.63) is 102 Å². The Bertz CT molecular complexity index is 1430. The van der Waals surface area contributed by atoms with Crippen LogP contribution in [0.3, 0.4) is 0 Å². The molecule has 7 nitrogen and oxygen atoms in total. The van der Waals surface area contributed by atoms with Gasteiger partial charge in [0.25, 0.3) is 0 Å². The zero-order valence-corrected chi connectivity index (χ0v) is 18.3. The van der Waals surface area contributed by atoms with Crippen molar-refractivity contribution in [2.24, 2.45) is 0 Å². The smallest absolute Gasteiger partial charge is 0.337 e. The molecule has 0 radical (unpaired) electrons. The standard InChI is InChI=1S/C27H20N2O5/c1-31-27(30)19-10-12-23-24(14-19)34-26(29-23)20-11-13-25(28-16-20)33-22-9-5-8-21(15-22)32-17-18-6-3-2-4-7-18/h2-16H,17H2,1H3. The van der Waals surface area contributed by atoms with Crippen LogP contribution in [-0.4, -0.2) is 23.0 Å². The molecule has 2 heterocycles. The average molecular weight is 452 g/mol. The van der Waals surface area contributed by atoms with Crippen molar-refractivity contribution in [1.82, 2.24) is 9.97 Å². The molecule has 0 saturated heterocycles. The van der Waals surface area contributed by atoms with E-state index >= 15 is 0 Å². The number of carbonyl (C=O) groups is 1. The molecule has 5 rings (SSSR count). The summed E-state index contributed by atoms with van der Waals surface area (Å²) in [5, 5.41) is 0. The normalized spacial score (nSPS) is 10.7. The molecule has 0 N–H and O–H groups in total. The Hall–Kier alpha value is -4.65. The number of rotatable bonds is 7. The number of hydrogen-bond acceptors (Lipinski definition) is 7. The van der Waals surface area contributed by atoms with Crippen molar-refractivity contribution in [2.45, 2.75) is 6.61 Å². The van der Waals surface area contributed by atoms with Gasteiger partial charge in [-0.05, 0) is 42.0 Å². The van der Waals surface area contributed by atoms with Crippen LogP contribution in [0.1, 0.15) is 15.9 Å². The first-order valence-corrected chi connectivity index (χ1v) is 10.6. The van der Waals surface area contributed by atoms with Crippen molar-refractivity contribution in [3.63, 3.8) is 0 Å². The predicted octanol–water partition coefficient (Wildman–Crippen LogP) is 6.05. The molecule has 0 bridgehead atoms. The van der Waals surface area contributed by atoms with Crippen molar-refractivity contribution in [3.8, 4) is 28.8 Å². The number of hydrogen-bond donors (Lipinski definition) is 0. The number of carbonyl (C=O) groups excluding carboxylic acids is 1. The quantitative estimate of drug-likeness (QED) is 0.278. The summed E-state index contributed by atoms with van der Waals surface area (Å²) in [6.45, 7) is 0.475. The SMILES string of the molecule is COC(=O)c1ccc2nc(-c3ccc(Oc4cccc(OCc5ccccc5)c4)nc3)oc2c1. The van der Waals surface area contributed by atoms with E-state index in [4.69, 9.17) is 18.6 Å². The van der Waals surface area contributed by atoms with Crippen LogP contribution in [0.4, 0.5) is 0 Å². The van der Waals surface area contributed by atoms with E-state index in [-0.39, 0.29) is 0 Å². The maximum atomic E-state index is 11.7. The number of pyridine rings is 1. The largest absolute Gasteiger partial charge is 0.489 e. The van der Waals surface area contributed by atoms with Gasteiger partial charge < -0.3 is 18.6 Å². The second-order valence-corrected chi connectivity index (χ2v) is 7.43. The lowest BCUT2D eigenvalue weighted by Crippen LogP contribution is -2.00. The molecule has 0 atom stereocenters. The summed E-state index contributed by atoms with van der Waals surface area (Å²) in [5.74, 6) is 1.71. The molecule has 0 amide bonds. The second kappa shape index (κ2) is 9.46. The van der Waals surface area contributed by atoms with Crippen LogP contribution in [0.5, 0.6) is 17.4 Å². The van der Waals surface area contributed by atoms with Gasteiger partial charge in [0.05, 0.1) is 18.2 Å². The third kappa shape index (κ3) is 4.73. The number of methoxy groups -OCH3 is 1. The number of fused-ring (bicyclic) bond motifs is 1. The first-order valence-electron chi connectivity index (χ1n) is 10.6. The van der Waals surface area contributed by atoms with E-state index in [0.29, 0.717) is 52.1 Å². The molecular weight excluding hydrogens is 432 g/mol. The Morgan fingerprint density at radius 3 is 2.56 bits per heavy atom. The number of aromatic nitrogens is 2.